The lowest BCUT2D eigenvalue weighted by Gasteiger charge is -2.19. The van der Waals surface area contributed by atoms with Gasteiger partial charge in [0, 0.05) is 6.54 Å². The van der Waals surface area contributed by atoms with Crippen molar-refractivity contribution in [3.63, 3.8) is 0 Å². The van der Waals surface area contributed by atoms with E-state index in [-0.39, 0.29) is 12.5 Å². The standard InChI is InChI=1S/C20H20FNO3/c1-13-3-2-4-15(11-13)20(9-10-20)19(25)22-12-17(18(23)24)14-5-7-16(21)8-6-14/h2-8,11,17H,9-10,12H2,1H3,(H,22,25)(H,23,24). The highest BCUT2D eigenvalue weighted by molar-refractivity contribution is 5.91. The van der Waals surface area contributed by atoms with Crippen molar-refractivity contribution in [3.05, 3.63) is 71.0 Å². The maximum absolute atomic E-state index is 13.0. The minimum absolute atomic E-state index is 0.0205. The summed E-state index contributed by atoms with van der Waals surface area (Å²) in [5.41, 5.74) is 1.98. The highest BCUT2D eigenvalue weighted by Gasteiger charge is 2.51. The zero-order chi connectivity index (χ0) is 18.0. The summed E-state index contributed by atoms with van der Waals surface area (Å²) in [7, 11) is 0. The molecule has 3 rings (SSSR count). The molecule has 2 aromatic rings. The third-order valence-corrected chi connectivity index (χ3v) is 4.79. The summed E-state index contributed by atoms with van der Waals surface area (Å²) in [6.07, 6.45) is 1.52. The van der Waals surface area contributed by atoms with Gasteiger partial charge in [-0.2, -0.15) is 0 Å². The monoisotopic (exact) mass is 341 g/mol. The van der Waals surface area contributed by atoms with E-state index in [1.165, 1.54) is 24.3 Å². The maximum Gasteiger partial charge on any atom is 0.312 e. The number of amides is 1. The Bertz CT molecular complexity index is 797. The molecule has 1 atom stereocenters. The van der Waals surface area contributed by atoms with Gasteiger partial charge >= 0.3 is 5.97 Å². The Morgan fingerprint density at radius 2 is 1.88 bits per heavy atom. The van der Waals surface area contributed by atoms with E-state index >= 15 is 0 Å². The van der Waals surface area contributed by atoms with Crippen LogP contribution in [0.2, 0.25) is 0 Å². The zero-order valence-electron chi connectivity index (χ0n) is 14.0. The van der Waals surface area contributed by atoms with Crippen LogP contribution in [0.1, 0.15) is 35.4 Å². The number of halogens is 1. The first-order chi connectivity index (χ1) is 11.9. The Kier molecular flexibility index (Phi) is 4.57. The Labute approximate surface area is 145 Å². The molecule has 4 nitrogen and oxygen atoms in total. The van der Waals surface area contributed by atoms with Gasteiger partial charge in [-0.15, -0.1) is 0 Å². The van der Waals surface area contributed by atoms with E-state index in [2.05, 4.69) is 5.32 Å². The number of carbonyl (C=O) groups is 2. The summed E-state index contributed by atoms with van der Waals surface area (Å²) >= 11 is 0. The van der Waals surface area contributed by atoms with Crippen molar-refractivity contribution < 1.29 is 19.1 Å². The van der Waals surface area contributed by atoms with Crippen LogP contribution in [0.15, 0.2) is 48.5 Å². The van der Waals surface area contributed by atoms with Crippen molar-refractivity contribution in [2.75, 3.05) is 6.54 Å². The first-order valence-electron chi connectivity index (χ1n) is 8.26. The molecule has 1 aliphatic rings. The van der Waals surface area contributed by atoms with E-state index < -0.39 is 23.1 Å². The Balaban J connectivity index is 1.72. The summed E-state index contributed by atoms with van der Waals surface area (Å²) in [4.78, 5) is 24.2. The minimum atomic E-state index is -1.05. The van der Waals surface area contributed by atoms with Gasteiger partial charge in [0.1, 0.15) is 5.82 Å². The molecule has 2 aromatic carbocycles. The molecule has 5 heteroatoms. The van der Waals surface area contributed by atoms with Crippen molar-refractivity contribution in [1.29, 1.82) is 0 Å². The van der Waals surface area contributed by atoms with Gasteiger partial charge < -0.3 is 10.4 Å². The van der Waals surface area contributed by atoms with Crippen LogP contribution in [-0.2, 0) is 15.0 Å². The summed E-state index contributed by atoms with van der Waals surface area (Å²) in [6, 6.07) is 13.2. The predicted molar refractivity (Wildman–Crippen MR) is 91.9 cm³/mol. The second-order valence-electron chi connectivity index (χ2n) is 6.60. The van der Waals surface area contributed by atoms with E-state index in [0.29, 0.717) is 5.56 Å². The van der Waals surface area contributed by atoms with Crippen LogP contribution in [0.4, 0.5) is 4.39 Å². The summed E-state index contributed by atoms with van der Waals surface area (Å²) in [6.45, 7) is 1.96. The first-order valence-corrected chi connectivity index (χ1v) is 8.26. The van der Waals surface area contributed by atoms with Crippen LogP contribution in [0, 0.1) is 12.7 Å². The van der Waals surface area contributed by atoms with Crippen LogP contribution in [0.5, 0.6) is 0 Å². The Hall–Kier alpha value is -2.69. The highest BCUT2D eigenvalue weighted by atomic mass is 19.1. The van der Waals surface area contributed by atoms with E-state index in [9.17, 15) is 19.1 Å². The third kappa shape index (κ3) is 3.55. The van der Waals surface area contributed by atoms with E-state index in [4.69, 9.17) is 0 Å². The fourth-order valence-electron chi connectivity index (χ4n) is 3.12. The van der Waals surface area contributed by atoms with Crippen LogP contribution >= 0.6 is 0 Å². The minimum Gasteiger partial charge on any atom is -0.481 e. The molecular formula is C20H20FNO3. The summed E-state index contributed by atoms with van der Waals surface area (Å²) in [5.74, 6) is -2.52. The third-order valence-electron chi connectivity index (χ3n) is 4.79. The van der Waals surface area contributed by atoms with Gasteiger partial charge in [-0.3, -0.25) is 9.59 Å². The van der Waals surface area contributed by atoms with Crippen molar-refractivity contribution in [2.45, 2.75) is 31.1 Å². The largest absolute Gasteiger partial charge is 0.481 e. The molecule has 1 unspecified atom stereocenters. The van der Waals surface area contributed by atoms with Crippen LogP contribution in [0.3, 0.4) is 0 Å². The van der Waals surface area contributed by atoms with E-state index in [1.54, 1.807) is 0 Å². The highest BCUT2D eigenvalue weighted by Crippen LogP contribution is 2.48. The lowest BCUT2D eigenvalue weighted by molar-refractivity contribution is -0.138. The normalized spacial score (nSPS) is 16.1. The van der Waals surface area contributed by atoms with Gasteiger partial charge in [0.25, 0.3) is 0 Å². The molecule has 1 amide bonds. The topological polar surface area (TPSA) is 66.4 Å². The lowest BCUT2D eigenvalue weighted by Crippen LogP contribution is -2.38. The predicted octanol–water partition coefficient (Wildman–Crippen LogP) is 3.15. The molecule has 25 heavy (non-hydrogen) atoms. The molecule has 1 saturated carbocycles. The molecule has 0 heterocycles. The number of aryl methyl sites for hydroxylation is 1. The second-order valence-corrected chi connectivity index (χ2v) is 6.60. The molecule has 0 bridgehead atoms. The molecule has 1 aliphatic carbocycles. The van der Waals surface area contributed by atoms with Crippen molar-refractivity contribution in [3.8, 4) is 0 Å². The molecule has 130 valence electrons. The van der Waals surface area contributed by atoms with Gasteiger partial charge in [-0.05, 0) is 43.0 Å². The van der Waals surface area contributed by atoms with Crippen LogP contribution in [0.25, 0.3) is 0 Å². The molecule has 1 fully saturated rings. The second kappa shape index (κ2) is 6.67. The number of carbonyl (C=O) groups excluding carboxylic acids is 1. The summed E-state index contributed by atoms with van der Waals surface area (Å²) < 4.78 is 13.0. The maximum atomic E-state index is 13.0. The number of carboxylic acids is 1. The van der Waals surface area contributed by atoms with Crippen molar-refractivity contribution in [2.24, 2.45) is 0 Å². The number of aliphatic carboxylic acids is 1. The van der Waals surface area contributed by atoms with Crippen molar-refractivity contribution in [1.82, 2.24) is 5.32 Å². The summed E-state index contributed by atoms with van der Waals surface area (Å²) in [5, 5.41) is 12.2. The smallest absolute Gasteiger partial charge is 0.312 e. The van der Waals surface area contributed by atoms with Gasteiger partial charge in [-0.25, -0.2) is 4.39 Å². The number of benzene rings is 2. The van der Waals surface area contributed by atoms with Gasteiger partial charge in [0.15, 0.2) is 0 Å². The van der Waals surface area contributed by atoms with Gasteiger partial charge in [0.05, 0.1) is 11.3 Å². The van der Waals surface area contributed by atoms with E-state index in [1.807, 2.05) is 31.2 Å². The molecular weight excluding hydrogens is 321 g/mol. The fourth-order valence-corrected chi connectivity index (χ4v) is 3.12. The molecule has 0 radical (unpaired) electrons. The van der Waals surface area contributed by atoms with Gasteiger partial charge in [0.2, 0.25) is 5.91 Å². The van der Waals surface area contributed by atoms with Crippen LogP contribution in [-0.4, -0.2) is 23.5 Å². The quantitative estimate of drug-likeness (QED) is 0.848. The number of hydrogen-bond donors (Lipinski definition) is 2. The number of rotatable bonds is 6. The molecule has 0 saturated heterocycles. The fraction of sp³-hybridized carbons (Fsp3) is 0.300. The average Bonchev–Trinajstić information content (AvgIpc) is 3.38. The van der Waals surface area contributed by atoms with Gasteiger partial charge in [-0.1, -0.05) is 42.0 Å². The lowest BCUT2D eigenvalue weighted by atomic mass is 9.93. The van der Waals surface area contributed by atoms with Crippen molar-refractivity contribution >= 4 is 11.9 Å². The Morgan fingerprint density at radius 1 is 1.20 bits per heavy atom. The average molecular weight is 341 g/mol. The molecule has 0 aromatic heterocycles. The first kappa shape index (κ1) is 17.1. The SMILES string of the molecule is Cc1cccc(C2(C(=O)NCC(C(=O)O)c3ccc(F)cc3)CC2)c1. The number of carboxylic acid groups (broad SMARTS) is 1. The zero-order valence-corrected chi connectivity index (χ0v) is 14.0. The molecule has 2 N–H and O–H groups in total. The number of hydrogen-bond acceptors (Lipinski definition) is 2. The van der Waals surface area contributed by atoms with Crippen LogP contribution < -0.4 is 5.32 Å². The number of nitrogens with one attached hydrogen (secondary N) is 1. The molecule has 0 aliphatic heterocycles. The molecule has 0 spiro atoms. The Morgan fingerprint density at radius 3 is 2.44 bits per heavy atom. The van der Waals surface area contributed by atoms with E-state index in [0.717, 1.165) is 24.0 Å².